The molecule has 2 aromatic rings. The van der Waals surface area contributed by atoms with Crippen LogP contribution in [0, 0.1) is 6.92 Å². The van der Waals surface area contributed by atoms with Gasteiger partial charge in [-0.25, -0.2) is 4.79 Å². The van der Waals surface area contributed by atoms with Crippen molar-refractivity contribution in [2.24, 2.45) is 0 Å². The number of allylic oxidation sites excluding steroid dienone is 3. The smallest absolute Gasteiger partial charge is 0.337 e. The predicted molar refractivity (Wildman–Crippen MR) is 133 cm³/mol. The van der Waals surface area contributed by atoms with Gasteiger partial charge in [-0.2, -0.15) is 0 Å². The van der Waals surface area contributed by atoms with Gasteiger partial charge in [0.1, 0.15) is 6.10 Å². The molecule has 1 aliphatic heterocycles. The van der Waals surface area contributed by atoms with E-state index in [4.69, 9.17) is 4.74 Å². The highest BCUT2D eigenvalue weighted by Gasteiger charge is 2.41. The van der Waals surface area contributed by atoms with Crippen molar-refractivity contribution in [1.82, 2.24) is 5.32 Å². The first kappa shape index (κ1) is 22.6. The Labute approximate surface area is 202 Å². The molecule has 0 aromatic heterocycles. The second-order valence-corrected chi connectivity index (χ2v) is 10.0. The molecule has 176 valence electrons. The summed E-state index contributed by atoms with van der Waals surface area (Å²) in [6.07, 6.45) is 6.44. The van der Waals surface area contributed by atoms with Gasteiger partial charge in [0.05, 0.1) is 5.57 Å². The monoisotopic (exact) mass is 455 g/mol. The summed E-state index contributed by atoms with van der Waals surface area (Å²) in [5, 5.41) is 3.47. The van der Waals surface area contributed by atoms with Crippen LogP contribution in [0.2, 0.25) is 0 Å². The summed E-state index contributed by atoms with van der Waals surface area (Å²) in [5.41, 5.74) is 6.37. The molecule has 1 fully saturated rings. The molecule has 0 spiro atoms. The average Bonchev–Trinajstić information content (AvgIpc) is 2.84. The lowest BCUT2D eigenvalue weighted by Crippen LogP contribution is -2.37. The zero-order chi connectivity index (χ0) is 23.7. The van der Waals surface area contributed by atoms with Crippen molar-refractivity contribution >= 4 is 11.8 Å². The Bertz CT molecular complexity index is 1140. The molecule has 3 aliphatic rings. The molecular formula is C30H33NO3. The lowest BCUT2D eigenvalue weighted by molar-refractivity contribution is -0.146. The number of ketones is 1. The zero-order valence-electron chi connectivity index (χ0n) is 20.1. The largest absolute Gasteiger partial charge is 0.459 e. The van der Waals surface area contributed by atoms with Gasteiger partial charge in [-0.05, 0) is 63.0 Å². The molecule has 0 amide bonds. The summed E-state index contributed by atoms with van der Waals surface area (Å²) in [6, 6.07) is 18.5. The van der Waals surface area contributed by atoms with E-state index in [1.807, 2.05) is 44.2 Å². The van der Waals surface area contributed by atoms with Gasteiger partial charge in [-0.15, -0.1) is 0 Å². The van der Waals surface area contributed by atoms with Crippen LogP contribution in [0.25, 0.3) is 0 Å². The maximum absolute atomic E-state index is 13.7. The van der Waals surface area contributed by atoms with Crippen molar-refractivity contribution in [3.05, 3.63) is 93.8 Å². The number of carbonyl (C=O) groups is 2. The molecule has 1 N–H and O–H groups in total. The molecule has 5 rings (SSSR count). The number of dihydropyridines is 1. The van der Waals surface area contributed by atoms with Crippen LogP contribution in [0.4, 0.5) is 0 Å². The van der Waals surface area contributed by atoms with Crippen LogP contribution in [-0.2, 0) is 14.3 Å². The van der Waals surface area contributed by atoms with Crippen LogP contribution in [-0.4, -0.2) is 17.9 Å². The Balaban J connectivity index is 1.52. The van der Waals surface area contributed by atoms with Crippen LogP contribution in [0.1, 0.15) is 80.4 Å². The minimum absolute atomic E-state index is 0.0277. The van der Waals surface area contributed by atoms with Gasteiger partial charge in [0.25, 0.3) is 0 Å². The highest BCUT2D eigenvalue weighted by atomic mass is 16.5. The van der Waals surface area contributed by atoms with Gasteiger partial charge >= 0.3 is 5.97 Å². The Morgan fingerprint density at radius 1 is 0.882 bits per heavy atom. The highest BCUT2D eigenvalue weighted by molar-refractivity contribution is 6.04. The zero-order valence-corrected chi connectivity index (χ0v) is 20.1. The van der Waals surface area contributed by atoms with E-state index in [1.54, 1.807) is 0 Å². The van der Waals surface area contributed by atoms with E-state index in [2.05, 4.69) is 29.6 Å². The van der Waals surface area contributed by atoms with Crippen LogP contribution >= 0.6 is 0 Å². The van der Waals surface area contributed by atoms with Crippen LogP contribution in [0.15, 0.2) is 77.1 Å². The normalized spacial score (nSPS) is 23.4. The van der Waals surface area contributed by atoms with Crippen molar-refractivity contribution in [1.29, 1.82) is 0 Å². The number of hydrogen-bond donors (Lipinski definition) is 1. The van der Waals surface area contributed by atoms with Crippen LogP contribution in [0.5, 0.6) is 0 Å². The molecule has 2 aliphatic carbocycles. The van der Waals surface area contributed by atoms with E-state index in [9.17, 15) is 9.59 Å². The van der Waals surface area contributed by atoms with Crippen LogP contribution in [0.3, 0.4) is 0 Å². The van der Waals surface area contributed by atoms with Gasteiger partial charge in [0.2, 0.25) is 0 Å². The highest BCUT2D eigenvalue weighted by Crippen LogP contribution is 2.46. The number of benzene rings is 2. The van der Waals surface area contributed by atoms with Gasteiger partial charge in [0, 0.05) is 29.3 Å². The summed E-state index contributed by atoms with van der Waals surface area (Å²) >= 11 is 0. The number of rotatable bonds is 4. The van der Waals surface area contributed by atoms with Gasteiger partial charge < -0.3 is 10.1 Å². The lowest BCUT2D eigenvalue weighted by atomic mass is 9.71. The van der Waals surface area contributed by atoms with E-state index in [0.29, 0.717) is 12.0 Å². The van der Waals surface area contributed by atoms with Gasteiger partial charge in [-0.3, -0.25) is 4.79 Å². The van der Waals surface area contributed by atoms with Crippen molar-refractivity contribution in [2.75, 3.05) is 0 Å². The minimum atomic E-state index is -0.392. The van der Waals surface area contributed by atoms with Crippen LogP contribution < -0.4 is 5.32 Å². The molecule has 0 bridgehead atoms. The van der Waals surface area contributed by atoms with Gasteiger partial charge in [-0.1, -0.05) is 66.6 Å². The fourth-order valence-electron chi connectivity index (χ4n) is 5.76. The first-order valence-corrected chi connectivity index (χ1v) is 12.6. The quantitative estimate of drug-likeness (QED) is 0.555. The Hall–Kier alpha value is -3.14. The standard InChI is InChI=1S/C30H33NO3/c1-19-13-15-22(16-14-19)28-27(30(33)34-24-11-7-4-8-12-24)20(2)31-25-17-23(18-26(32)29(25)28)21-9-5-3-6-10-21/h3,5-6,9-10,13-16,23-24,28,31H,4,7-8,11-12,17-18H2,1-2H3/t23-,28-/m1/s1. The SMILES string of the molecule is CC1=C(C(=O)OC2CCCCC2)[C@@H](c2ccc(C)cc2)C2=C(C[C@@H](c3ccccc3)CC2=O)N1. The van der Waals surface area contributed by atoms with Crippen molar-refractivity contribution in [3.8, 4) is 0 Å². The molecule has 1 saturated carbocycles. The summed E-state index contributed by atoms with van der Waals surface area (Å²) in [5.74, 6) is -0.421. The molecule has 0 radical (unpaired) electrons. The number of hydrogen-bond acceptors (Lipinski definition) is 4. The third kappa shape index (κ3) is 4.46. The number of aryl methyl sites for hydroxylation is 1. The van der Waals surface area contributed by atoms with Gasteiger partial charge in [0.15, 0.2) is 5.78 Å². The Morgan fingerprint density at radius 2 is 1.59 bits per heavy atom. The molecule has 2 atom stereocenters. The summed E-state index contributed by atoms with van der Waals surface area (Å²) < 4.78 is 6.01. The fourth-order valence-corrected chi connectivity index (χ4v) is 5.76. The molecule has 0 saturated heterocycles. The van der Waals surface area contributed by atoms with Crippen molar-refractivity contribution in [2.45, 2.75) is 76.7 Å². The number of nitrogens with one attached hydrogen (secondary N) is 1. The Kier molecular flexibility index (Phi) is 6.40. The van der Waals surface area contributed by atoms with E-state index >= 15 is 0 Å². The molecule has 2 aromatic carbocycles. The van der Waals surface area contributed by atoms with E-state index < -0.39 is 5.92 Å². The number of ether oxygens (including phenoxy) is 1. The van der Waals surface area contributed by atoms with E-state index in [0.717, 1.165) is 60.2 Å². The molecule has 4 nitrogen and oxygen atoms in total. The molecule has 0 unspecified atom stereocenters. The van der Waals surface area contributed by atoms with Crippen molar-refractivity contribution in [3.63, 3.8) is 0 Å². The number of Topliss-reactive ketones (excluding diaryl/α,β-unsaturated/α-hetero) is 1. The summed E-state index contributed by atoms with van der Waals surface area (Å²) in [4.78, 5) is 27.2. The first-order valence-electron chi connectivity index (χ1n) is 12.6. The van der Waals surface area contributed by atoms with E-state index in [1.165, 1.54) is 12.0 Å². The average molecular weight is 456 g/mol. The second kappa shape index (κ2) is 9.61. The summed E-state index contributed by atoms with van der Waals surface area (Å²) in [7, 11) is 0. The van der Waals surface area contributed by atoms with Crippen molar-refractivity contribution < 1.29 is 14.3 Å². The number of esters is 1. The maximum atomic E-state index is 13.7. The fraction of sp³-hybridized carbons (Fsp3) is 0.400. The molecule has 4 heteroatoms. The summed E-state index contributed by atoms with van der Waals surface area (Å²) in [6.45, 7) is 3.99. The third-order valence-corrected chi connectivity index (χ3v) is 7.56. The molecule has 34 heavy (non-hydrogen) atoms. The molecular weight excluding hydrogens is 422 g/mol. The topological polar surface area (TPSA) is 55.4 Å². The second-order valence-electron chi connectivity index (χ2n) is 10.0. The third-order valence-electron chi connectivity index (χ3n) is 7.56. The lowest BCUT2D eigenvalue weighted by Gasteiger charge is -2.37. The van der Waals surface area contributed by atoms with E-state index in [-0.39, 0.29) is 23.8 Å². The molecule has 1 heterocycles. The maximum Gasteiger partial charge on any atom is 0.337 e. The minimum Gasteiger partial charge on any atom is -0.459 e. The first-order chi connectivity index (χ1) is 16.5. The predicted octanol–water partition coefficient (Wildman–Crippen LogP) is 6.23. The number of carbonyl (C=O) groups excluding carboxylic acids is 2. The Morgan fingerprint density at radius 3 is 2.29 bits per heavy atom.